The highest BCUT2D eigenvalue weighted by atomic mass is 32.2. The summed E-state index contributed by atoms with van der Waals surface area (Å²) in [5.41, 5.74) is 1.41. The Hall–Kier alpha value is -3.65. The highest BCUT2D eigenvalue weighted by Crippen LogP contribution is 2.30. The molecule has 3 amide bonds. The average molecular weight is 463 g/mol. The van der Waals surface area contributed by atoms with Gasteiger partial charge in [-0.1, -0.05) is 30.3 Å². The molecule has 0 saturated carbocycles. The molecule has 8 heteroatoms. The number of ether oxygens (including phenoxy) is 1. The van der Waals surface area contributed by atoms with Gasteiger partial charge in [-0.25, -0.2) is 9.69 Å². The fourth-order valence-electron chi connectivity index (χ4n) is 3.61. The van der Waals surface area contributed by atoms with Gasteiger partial charge in [-0.05, 0) is 54.1 Å². The second kappa shape index (κ2) is 9.87. The van der Waals surface area contributed by atoms with Crippen molar-refractivity contribution in [2.75, 3.05) is 22.6 Å². The summed E-state index contributed by atoms with van der Waals surface area (Å²) in [6.07, 6.45) is 0.0202. The summed E-state index contributed by atoms with van der Waals surface area (Å²) >= 11 is 1.14. The Morgan fingerprint density at radius 2 is 1.76 bits per heavy atom. The van der Waals surface area contributed by atoms with Crippen LogP contribution in [0, 0.1) is 0 Å². The van der Waals surface area contributed by atoms with Crippen molar-refractivity contribution in [3.8, 4) is 0 Å². The molecule has 33 heavy (non-hydrogen) atoms. The van der Waals surface area contributed by atoms with Gasteiger partial charge < -0.3 is 10.1 Å². The third kappa shape index (κ3) is 5.06. The number of hydrogen-bond donors (Lipinski definition) is 1. The van der Waals surface area contributed by atoms with E-state index in [1.54, 1.807) is 19.1 Å². The maximum Gasteiger partial charge on any atom is 0.338 e. The molecule has 0 bridgehead atoms. The number of anilines is 2. The van der Waals surface area contributed by atoms with Gasteiger partial charge in [-0.15, -0.1) is 11.8 Å². The number of carbonyl (C=O) groups is 4. The van der Waals surface area contributed by atoms with E-state index in [0.29, 0.717) is 16.9 Å². The van der Waals surface area contributed by atoms with Crippen molar-refractivity contribution in [2.45, 2.75) is 18.6 Å². The Morgan fingerprint density at radius 3 is 2.48 bits per heavy atom. The lowest BCUT2D eigenvalue weighted by Gasteiger charge is -2.15. The first-order valence-electron chi connectivity index (χ1n) is 10.5. The van der Waals surface area contributed by atoms with E-state index in [1.807, 2.05) is 42.5 Å². The van der Waals surface area contributed by atoms with Gasteiger partial charge in [0.2, 0.25) is 17.7 Å². The molecule has 1 fully saturated rings. The van der Waals surface area contributed by atoms with Crippen molar-refractivity contribution >= 4 is 57.6 Å². The lowest BCUT2D eigenvalue weighted by molar-refractivity contribution is -0.121. The van der Waals surface area contributed by atoms with E-state index in [4.69, 9.17) is 4.74 Å². The van der Waals surface area contributed by atoms with Crippen LogP contribution in [-0.4, -0.2) is 41.3 Å². The Kier molecular flexibility index (Phi) is 6.74. The first-order valence-corrected chi connectivity index (χ1v) is 11.6. The third-order valence-corrected chi connectivity index (χ3v) is 6.39. The normalized spacial score (nSPS) is 15.7. The summed E-state index contributed by atoms with van der Waals surface area (Å²) in [6.45, 7) is 1.98. The fraction of sp³-hybridized carbons (Fsp3) is 0.200. The van der Waals surface area contributed by atoms with Crippen LogP contribution < -0.4 is 10.2 Å². The van der Waals surface area contributed by atoms with Gasteiger partial charge in [0, 0.05) is 12.1 Å². The molecule has 3 aromatic carbocycles. The van der Waals surface area contributed by atoms with Crippen LogP contribution in [0.4, 0.5) is 11.4 Å². The maximum absolute atomic E-state index is 12.8. The summed E-state index contributed by atoms with van der Waals surface area (Å²) in [6, 6.07) is 19.6. The van der Waals surface area contributed by atoms with Crippen molar-refractivity contribution in [1.82, 2.24) is 0 Å². The van der Waals surface area contributed by atoms with E-state index in [-0.39, 0.29) is 36.5 Å². The van der Waals surface area contributed by atoms with Crippen LogP contribution in [0.2, 0.25) is 0 Å². The number of benzene rings is 3. The summed E-state index contributed by atoms with van der Waals surface area (Å²) in [7, 11) is 0. The van der Waals surface area contributed by atoms with E-state index < -0.39 is 11.2 Å². The minimum Gasteiger partial charge on any atom is -0.462 e. The summed E-state index contributed by atoms with van der Waals surface area (Å²) in [5, 5.41) is 4.30. The average Bonchev–Trinajstić information content (AvgIpc) is 3.10. The van der Waals surface area contributed by atoms with Gasteiger partial charge in [0.15, 0.2) is 0 Å². The second-order valence-corrected chi connectivity index (χ2v) is 8.64. The molecule has 1 aliphatic rings. The minimum atomic E-state index is -0.635. The number of carbonyl (C=O) groups excluding carboxylic acids is 4. The first-order chi connectivity index (χ1) is 16.0. The number of nitrogens with one attached hydrogen (secondary N) is 1. The second-order valence-electron chi connectivity index (χ2n) is 7.45. The van der Waals surface area contributed by atoms with Gasteiger partial charge in [0.25, 0.3) is 0 Å². The molecule has 4 rings (SSSR count). The van der Waals surface area contributed by atoms with E-state index in [1.165, 1.54) is 12.1 Å². The molecule has 0 unspecified atom stereocenters. The molecule has 0 radical (unpaired) electrons. The molecule has 1 atom stereocenters. The van der Waals surface area contributed by atoms with E-state index in [0.717, 1.165) is 27.4 Å². The molecular formula is C25H22N2O5S. The van der Waals surface area contributed by atoms with Crippen LogP contribution in [-0.2, 0) is 19.1 Å². The van der Waals surface area contributed by atoms with Gasteiger partial charge in [-0.2, -0.15) is 0 Å². The van der Waals surface area contributed by atoms with Crippen LogP contribution >= 0.6 is 11.8 Å². The molecule has 1 heterocycles. The molecule has 1 aliphatic heterocycles. The lowest BCUT2D eigenvalue weighted by atomic mass is 10.1. The zero-order valence-corrected chi connectivity index (χ0v) is 18.8. The van der Waals surface area contributed by atoms with Crippen molar-refractivity contribution in [3.63, 3.8) is 0 Å². The standard InChI is InChI=1S/C25H22N2O5S/c1-2-32-25(31)17-8-11-20(12-9-17)27-23(29)14-21(24(27)30)33-15-22(28)26-19-10-7-16-5-3-4-6-18(16)13-19/h3-13,21H,2,14-15H2,1H3,(H,26,28)/t21-/m1/s1. The Bertz CT molecular complexity index is 1220. The summed E-state index contributed by atoms with van der Waals surface area (Å²) in [5.74, 6) is -1.36. The van der Waals surface area contributed by atoms with E-state index >= 15 is 0 Å². The number of amides is 3. The highest BCUT2D eigenvalue weighted by Gasteiger charge is 2.40. The smallest absolute Gasteiger partial charge is 0.338 e. The molecular weight excluding hydrogens is 440 g/mol. The number of hydrogen-bond acceptors (Lipinski definition) is 6. The summed E-state index contributed by atoms with van der Waals surface area (Å²) in [4.78, 5) is 50.6. The molecule has 0 aromatic heterocycles. The predicted molar refractivity (Wildman–Crippen MR) is 128 cm³/mol. The molecule has 3 aromatic rings. The van der Waals surface area contributed by atoms with Crippen LogP contribution in [0.3, 0.4) is 0 Å². The first kappa shape index (κ1) is 22.5. The lowest BCUT2D eigenvalue weighted by Crippen LogP contribution is -2.31. The van der Waals surface area contributed by atoms with Gasteiger partial charge in [0.1, 0.15) is 0 Å². The molecule has 1 saturated heterocycles. The maximum atomic E-state index is 12.8. The molecule has 1 N–H and O–H groups in total. The molecule has 168 valence electrons. The molecule has 7 nitrogen and oxygen atoms in total. The van der Waals surface area contributed by atoms with Gasteiger partial charge in [-0.3, -0.25) is 14.4 Å². The monoisotopic (exact) mass is 462 g/mol. The number of imide groups is 1. The fourth-order valence-corrected chi connectivity index (χ4v) is 4.54. The van der Waals surface area contributed by atoms with Gasteiger partial charge >= 0.3 is 5.97 Å². The zero-order valence-electron chi connectivity index (χ0n) is 17.9. The summed E-state index contributed by atoms with van der Waals surface area (Å²) < 4.78 is 4.94. The quantitative estimate of drug-likeness (QED) is 0.421. The van der Waals surface area contributed by atoms with Crippen LogP contribution in [0.15, 0.2) is 66.7 Å². The topological polar surface area (TPSA) is 92.8 Å². The number of esters is 1. The Morgan fingerprint density at radius 1 is 1.03 bits per heavy atom. The van der Waals surface area contributed by atoms with Crippen molar-refractivity contribution in [1.29, 1.82) is 0 Å². The predicted octanol–water partition coefficient (Wildman–Crippen LogP) is 4.02. The van der Waals surface area contributed by atoms with Crippen molar-refractivity contribution in [2.24, 2.45) is 0 Å². The van der Waals surface area contributed by atoms with Crippen LogP contribution in [0.5, 0.6) is 0 Å². The van der Waals surface area contributed by atoms with Crippen molar-refractivity contribution in [3.05, 3.63) is 72.3 Å². The Labute approximate surface area is 195 Å². The SMILES string of the molecule is CCOC(=O)c1ccc(N2C(=O)C[C@@H](SCC(=O)Nc3ccc4ccccc4c3)C2=O)cc1. The minimum absolute atomic E-state index is 0.0202. The highest BCUT2D eigenvalue weighted by molar-refractivity contribution is 8.01. The number of fused-ring (bicyclic) bond motifs is 1. The van der Waals surface area contributed by atoms with Crippen LogP contribution in [0.1, 0.15) is 23.7 Å². The van der Waals surface area contributed by atoms with E-state index in [9.17, 15) is 19.2 Å². The largest absolute Gasteiger partial charge is 0.462 e. The van der Waals surface area contributed by atoms with E-state index in [2.05, 4.69) is 5.32 Å². The molecule has 0 aliphatic carbocycles. The Balaban J connectivity index is 1.35. The van der Waals surface area contributed by atoms with Crippen molar-refractivity contribution < 1.29 is 23.9 Å². The third-order valence-electron chi connectivity index (χ3n) is 5.19. The molecule has 0 spiro atoms. The van der Waals surface area contributed by atoms with Gasteiger partial charge in [0.05, 0.1) is 28.9 Å². The van der Waals surface area contributed by atoms with Crippen LogP contribution in [0.25, 0.3) is 10.8 Å². The zero-order chi connectivity index (χ0) is 23.4. The number of nitrogens with zero attached hydrogens (tertiary/aromatic N) is 1. The number of rotatable bonds is 7. The number of thioether (sulfide) groups is 1.